The van der Waals surface area contributed by atoms with Gasteiger partial charge in [0.2, 0.25) is 0 Å². The highest BCUT2D eigenvalue weighted by Crippen LogP contribution is 2.26. The summed E-state index contributed by atoms with van der Waals surface area (Å²) in [7, 11) is 2.89. The maximum atomic E-state index is 11.9. The summed E-state index contributed by atoms with van der Waals surface area (Å²) in [6, 6.07) is 4.88. The van der Waals surface area contributed by atoms with E-state index in [1.54, 1.807) is 46.1 Å². The van der Waals surface area contributed by atoms with Crippen molar-refractivity contribution in [1.82, 2.24) is 5.32 Å². The zero-order valence-corrected chi connectivity index (χ0v) is 16.6. The van der Waals surface area contributed by atoms with Gasteiger partial charge < -0.3 is 29.0 Å². The van der Waals surface area contributed by atoms with Crippen molar-refractivity contribution in [3.05, 3.63) is 23.8 Å². The smallest absolute Gasteiger partial charge is 0.407 e. The van der Waals surface area contributed by atoms with Crippen LogP contribution in [-0.2, 0) is 14.2 Å². The summed E-state index contributed by atoms with van der Waals surface area (Å²) in [6.07, 6.45) is 0.0560. The standard InChI is InChI=1S/C19H29NO7/c1-19(2,3)27-18(22)20-9-6-10-26-16-13-14(25-12-11-23-4)7-8-15(16)17(21)24-5/h7-8,13H,6,9-12H2,1-5H3,(H,20,22). The number of rotatable bonds is 10. The first-order valence-corrected chi connectivity index (χ1v) is 8.70. The van der Waals surface area contributed by atoms with E-state index < -0.39 is 17.7 Å². The third-order valence-electron chi connectivity index (χ3n) is 3.16. The summed E-state index contributed by atoms with van der Waals surface area (Å²) in [5, 5.41) is 2.65. The summed E-state index contributed by atoms with van der Waals surface area (Å²) in [5.41, 5.74) is -0.240. The van der Waals surface area contributed by atoms with Crippen molar-refractivity contribution in [1.29, 1.82) is 0 Å². The van der Waals surface area contributed by atoms with Crippen molar-refractivity contribution in [3.63, 3.8) is 0 Å². The van der Waals surface area contributed by atoms with Gasteiger partial charge in [0.1, 0.15) is 29.3 Å². The predicted molar refractivity (Wildman–Crippen MR) is 99.5 cm³/mol. The Labute approximate surface area is 160 Å². The number of benzene rings is 1. The van der Waals surface area contributed by atoms with Gasteiger partial charge >= 0.3 is 12.1 Å². The molecule has 1 rings (SSSR count). The van der Waals surface area contributed by atoms with Crippen LogP contribution in [-0.4, -0.2) is 58.2 Å². The second-order valence-electron chi connectivity index (χ2n) is 6.62. The van der Waals surface area contributed by atoms with E-state index in [-0.39, 0.29) is 0 Å². The molecule has 1 aromatic carbocycles. The van der Waals surface area contributed by atoms with E-state index in [9.17, 15) is 9.59 Å². The largest absolute Gasteiger partial charge is 0.492 e. The van der Waals surface area contributed by atoms with Gasteiger partial charge in [-0.1, -0.05) is 0 Å². The van der Waals surface area contributed by atoms with Crippen molar-refractivity contribution in [2.45, 2.75) is 32.8 Å². The van der Waals surface area contributed by atoms with Gasteiger partial charge in [0.25, 0.3) is 0 Å². The molecule has 0 saturated heterocycles. The monoisotopic (exact) mass is 383 g/mol. The van der Waals surface area contributed by atoms with Gasteiger partial charge in [0, 0.05) is 19.7 Å². The highest BCUT2D eigenvalue weighted by Gasteiger charge is 2.16. The molecule has 8 heteroatoms. The molecule has 0 spiro atoms. The van der Waals surface area contributed by atoms with Crippen LogP contribution in [0.2, 0.25) is 0 Å². The molecule has 0 atom stereocenters. The van der Waals surface area contributed by atoms with E-state index in [2.05, 4.69) is 5.32 Å². The fourth-order valence-corrected chi connectivity index (χ4v) is 1.99. The van der Waals surface area contributed by atoms with E-state index in [0.29, 0.717) is 49.8 Å². The highest BCUT2D eigenvalue weighted by molar-refractivity contribution is 5.92. The lowest BCUT2D eigenvalue weighted by molar-refractivity contribution is 0.0525. The molecule has 0 saturated carbocycles. The number of carbonyl (C=O) groups is 2. The molecule has 0 aliphatic carbocycles. The van der Waals surface area contributed by atoms with Crippen LogP contribution in [0.4, 0.5) is 4.79 Å². The van der Waals surface area contributed by atoms with Gasteiger partial charge in [-0.2, -0.15) is 0 Å². The van der Waals surface area contributed by atoms with Crippen LogP contribution in [0.3, 0.4) is 0 Å². The van der Waals surface area contributed by atoms with E-state index >= 15 is 0 Å². The lowest BCUT2D eigenvalue weighted by Crippen LogP contribution is -2.33. The van der Waals surface area contributed by atoms with Gasteiger partial charge in [-0.05, 0) is 39.3 Å². The van der Waals surface area contributed by atoms with Gasteiger partial charge in [-0.25, -0.2) is 9.59 Å². The fraction of sp³-hybridized carbons (Fsp3) is 0.579. The van der Waals surface area contributed by atoms with Gasteiger partial charge in [-0.3, -0.25) is 0 Å². The zero-order valence-electron chi connectivity index (χ0n) is 16.6. The summed E-state index contributed by atoms with van der Waals surface area (Å²) < 4.78 is 26.1. The number of carbonyl (C=O) groups excluding carboxylic acids is 2. The Kier molecular flexibility index (Phi) is 9.42. The molecule has 152 valence electrons. The molecule has 0 radical (unpaired) electrons. The molecule has 1 amide bonds. The maximum absolute atomic E-state index is 11.9. The minimum Gasteiger partial charge on any atom is -0.492 e. The molecule has 1 aromatic rings. The van der Waals surface area contributed by atoms with Crippen LogP contribution in [0.1, 0.15) is 37.6 Å². The quantitative estimate of drug-likeness (QED) is 0.490. The Bertz CT molecular complexity index is 611. The summed E-state index contributed by atoms with van der Waals surface area (Å²) in [5.74, 6) is 0.413. The van der Waals surface area contributed by atoms with Crippen LogP contribution >= 0.6 is 0 Å². The van der Waals surface area contributed by atoms with Crippen molar-refractivity contribution in [2.24, 2.45) is 0 Å². The van der Waals surface area contributed by atoms with Crippen molar-refractivity contribution in [3.8, 4) is 11.5 Å². The molecule has 0 aliphatic rings. The number of hydrogen-bond donors (Lipinski definition) is 1. The zero-order chi connectivity index (χ0) is 20.3. The number of methoxy groups -OCH3 is 2. The van der Waals surface area contributed by atoms with Crippen LogP contribution in [0.15, 0.2) is 18.2 Å². The number of alkyl carbamates (subject to hydrolysis) is 1. The number of amides is 1. The predicted octanol–water partition coefficient (Wildman–Crippen LogP) is 2.79. The molecule has 0 fully saturated rings. The van der Waals surface area contributed by atoms with Crippen molar-refractivity contribution in [2.75, 3.05) is 40.6 Å². The Hall–Kier alpha value is -2.48. The fourth-order valence-electron chi connectivity index (χ4n) is 1.99. The van der Waals surface area contributed by atoms with Crippen LogP contribution in [0.5, 0.6) is 11.5 Å². The van der Waals surface area contributed by atoms with E-state index in [4.69, 9.17) is 23.7 Å². The first-order valence-electron chi connectivity index (χ1n) is 8.70. The second-order valence-corrected chi connectivity index (χ2v) is 6.62. The minimum atomic E-state index is -0.542. The molecule has 0 heterocycles. The summed E-state index contributed by atoms with van der Waals surface area (Å²) >= 11 is 0. The lowest BCUT2D eigenvalue weighted by atomic mass is 10.2. The van der Waals surface area contributed by atoms with Gasteiger partial charge in [0.05, 0.1) is 20.3 Å². The molecular formula is C19H29NO7. The molecule has 27 heavy (non-hydrogen) atoms. The number of hydrogen-bond acceptors (Lipinski definition) is 7. The average Bonchev–Trinajstić information content (AvgIpc) is 2.59. The SMILES string of the molecule is COCCOc1ccc(C(=O)OC)c(OCCCNC(=O)OC(C)(C)C)c1. The highest BCUT2D eigenvalue weighted by atomic mass is 16.6. The molecule has 8 nitrogen and oxygen atoms in total. The molecular weight excluding hydrogens is 354 g/mol. The first kappa shape index (κ1) is 22.6. The molecule has 0 unspecified atom stereocenters. The minimum absolute atomic E-state index is 0.293. The van der Waals surface area contributed by atoms with Crippen LogP contribution in [0, 0.1) is 0 Å². The van der Waals surface area contributed by atoms with Crippen LogP contribution < -0.4 is 14.8 Å². The molecule has 1 N–H and O–H groups in total. The van der Waals surface area contributed by atoms with E-state index in [1.165, 1.54) is 7.11 Å². The van der Waals surface area contributed by atoms with Crippen LogP contribution in [0.25, 0.3) is 0 Å². The summed E-state index contributed by atoms with van der Waals surface area (Å²) in [4.78, 5) is 23.5. The number of esters is 1. The first-order chi connectivity index (χ1) is 12.8. The second kappa shape index (κ2) is 11.3. The third kappa shape index (κ3) is 9.14. The topological polar surface area (TPSA) is 92.3 Å². The molecule has 0 aromatic heterocycles. The number of nitrogens with one attached hydrogen (secondary N) is 1. The average molecular weight is 383 g/mol. The maximum Gasteiger partial charge on any atom is 0.407 e. The van der Waals surface area contributed by atoms with E-state index in [0.717, 1.165) is 0 Å². The Morgan fingerprint density at radius 3 is 2.41 bits per heavy atom. The third-order valence-corrected chi connectivity index (χ3v) is 3.16. The van der Waals surface area contributed by atoms with E-state index in [1.807, 2.05) is 0 Å². The lowest BCUT2D eigenvalue weighted by Gasteiger charge is -2.19. The number of ether oxygens (including phenoxy) is 5. The summed E-state index contributed by atoms with van der Waals surface area (Å²) in [6.45, 7) is 6.90. The molecule has 0 aliphatic heterocycles. The Morgan fingerprint density at radius 1 is 1.04 bits per heavy atom. The van der Waals surface area contributed by atoms with Gasteiger partial charge in [-0.15, -0.1) is 0 Å². The normalized spacial score (nSPS) is 10.9. The Morgan fingerprint density at radius 2 is 1.78 bits per heavy atom. The molecule has 0 bridgehead atoms. The van der Waals surface area contributed by atoms with Gasteiger partial charge in [0.15, 0.2) is 0 Å². The van der Waals surface area contributed by atoms with Crippen molar-refractivity contribution < 1.29 is 33.3 Å². The Balaban J connectivity index is 2.56. The van der Waals surface area contributed by atoms with Crippen molar-refractivity contribution >= 4 is 12.1 Å².